The molecule has 22 heavy (non-hydrogen) atoms. The molecule has 2 atom stereocenters. The van der Waals surface area contributed by atoms with Crippen molar-refractivity contribution in [1.29, 1.82) is 0 Å². The highest BCUT2D eigenvalue weighted by Gasteiger charge is 2.35. The van der Waals surface area contributed by atoms with Crippen molar-refractivity contribution in [3.05, 3.63) is 28.3 Å². The van der Waals surface area contributed by atoms with Crippen LogP contribution in [0.2, 0.25) is 5.02 Å². The largest absolute Gasteiger partial charge is 0.383 e. The summed E-state index contributed by atoms with van der Waals surface area (Å²) in [5.74, 6) is 0. The second-order valence-corrected chi connectivity index (χ2v) is 6.06. The maximum atomic E-state index is 12.6. The van der Waals surface area contributed by atoms with Gasteiger partial charge >= 0.3 is 6.03 Å². The number of carbonyl (C=O) groups is 1. The van der Waals surface area contributed by atoms with Crippen molar-refractivity contribution in [3.8, 4) is 0 Å². The molecule has 1 aromatic rings. The number of carbonyl (C=O) groups excluding carboxylic acids is 1. The van der Waals surface area contributed by atoms with Crippen LogP contribution in [0.3, 0.4) is 0 Å². The molecule has 2 rings (SSSR count). The van der Waals surface area contributed by atoms with Gasteiger partial charge in [0.25, 0.3) is 0 Å². The summed E-state index contributed by atoms with van der Waals surface area (Å²) in [5.41, 5.74) is 2.74. The molecule has 1 heterocycles. The lowest BCUT2D eigenvalue weighted by atomic mass is 10.1. The van der Waals surface area contributed by atoms with E-state index < -0.39 is 0 Å². The van der Waals surface area contributed by atoms with E-state index in [-0.39, 0.29) is 18.2 Å². The van der Waals surface area contributed by atoms with Crippen molar-refractivity contribution in [2.24, 2.45) is 0 Å². The molecule has 0 spiro atoms. The molecule has 1 aliphatic rings. The molecule has 2 amide bonds. The van der Waals surface area contributed by atoms with E-state index in [1.165, 1.54) is 0 Å². The minimum Gasteiger partial charge on any atom is -0.383 e. The third kappa shape index (κ3) is 3.54. The molecule has 0 radical (unpaired) electrons. The highest BCUT2D eigenvalue weighted by molar-refractivity contribution is 6.34. The molecule has 0 aromatic heterocycles. The number of halogens is 1. The number of methoxy groups -OCH3 is 2. The molecule has 1 fully saturated rings. The van der Waals surface area contributed by atoms with Crippen molar-refractivity contribution >= 4 is 23.3 Å². The number of hydrogen-bond acceptors (Lipinski definition) is 3. The van der Waals surface area contributed by atoms with Crippen molar-refractivity contribution in [2.75, 3.05) is 32.7 Å². The minimum atomic E-state index is -0.169. The summed E-state index contributed by atoms with van der Waals surface area (Å²) in [6.45, 7) is 4.99. The number of ether oxygens (including phenoxy) is 2. The molecular formula is C16H23ClN2O3. The van der Waals surface area contributed by atoms with Gasteiger partial charge in [-0.1, -0.05) is 17.7 Å². The first-order valence-electron chi connectivity index (χ1n) is 7.33. The lowest BCUT2D eigenvalue weighted by molar-refractivity contribution is 0.110. The fraction of sp³-hybridized carbons (Fsp3) is 0.562. The number of nitrogens with zero attached hydrogens (tertiary/aromatic N) is 1. The summed E-state index contributed by atoms with van der Waals surface area (Å²) in [4.78, 5) is 14.4. The van der Waals surface area contributed by atoms with Gasteiger partial charge in [-0.25, -0.2) is 4.79 Å². The van der Waals surface area contributed by atoms with Crippen LogP contribution >= 0.6 is 11.6 Å². The average Bonchev–Trinajstić information content (AvgIpc) is 2.91. The first-order chi connectivity index (χ1) is 10.5. The van der Waals surface area contributed by atoms with Gasteiger partial charge in [-0.15, -0.1) is 0 Å². The maximum absolute atomic E-state index is 12.6. The second-order valence-electron chi connectivity index (χ2n) is 5.65. The van der Waals surface area contributed by atoms with E-state index in [1.54, 1.807) is 25.2 Å². The Morgan fingerprint density at radius 3 is 2.77 bits per heavy atom. The van der Waals surface area contributed by atoms with Crippen molar-refractivity contribution < 1.29 is 14.3 Å². The number of nitrogens with one attached hydrogen (secondary N) is 1. The van der Waals surface area contributed by atoms with Gasteiger partial charge in [0.2, 0.25) is 0 Å². The van der Waals surface area contributed by atoms with E-state index in [1.807, 2.05) is 19.9 Å². The van der Waals surface area contributed by atoms with Crippen LogP contribution in [0.5, 0.6) is 0 Å². The van der Waals surface area contributed by atoms with Crippen LogP contribution < -0.4 is 5.32 Å². The molecule has 1 saturated heterocycles. The monoisotopic (exact) mass is 326 g/mol. The number of rotatable bonds is 4. The van der Waals surface area contributed by atoms with E-state index in [9.17, 15) is 4.79 Å². The molecule has 5 nitrogen and oxygen atoms in total. The zero-order valence-electron chi connectivity index (χ0n) is 13.5. The quantitative estimate of drug-likeness (QED) is 0.924. The van der Waals surface area contributed by atoms with Crippen LogP contribution in [0.25, 0.3) is 0 Å². The summed E-state index contributed by atoms with van der Waals surface area (Å²) in [6.07, 6.45) is 0.818. The van der Waals surface area contributed by atoms with Crippen LogP contribution in [0.15, 0.2) is 12.1 Å². The lowest BCUT2D eigenvalue weighted by Crippen LogP contribution is -2.41. The number of likely N-dealkylation sites (tertiary alicyclic amines) is 1. The van der Waals surface area contributed by atoms with Gasteiger partial charge < -0.3 is 19.7 Å². The van der Waals surface area contributed by atoms with Gasteiger partial charge in [-0.3, -0.25) is 0 Å². The fourth-order valence-corrected chi connectivity index (χ4v) is 3.01. The maximum Gasteiger partial charge on any atom is 0.322 e. The van der Waals surface area contributed by atoms with Crippen LogP contribution in [0.4, 0.5) is 10.5 Å². The highest BCUT2D eigenvalue weighted by atomic mass is 35.5. The minimum absolute atomic E-state index is 0.0128. The third-order valence-electron chi connectivity index (χ3n) is 4.25. The standard InChI is InChI=1S/C16H23ClN2O3/c1-10-5-6-14(17)15(11(10)2)18-16(20)19-8-13(22-4)7-12(19)9-21-3/h5-6,12-13H,7-9H2,1-4H3,(H,18,20)/t12-,13-/m0/s1. The van der Waals surface area contributed by atoms with Gasteiger partial charge in [0, 0.05) is 20.8 Å². The molecule has 1 aliphatic heterocycles. The topological polar surface area (TPSA) is 50.8 Å². The van der Waals surface area contributed by atoms with Gasteiger partial charge in [-0.05, 0) is 37.5 Å². The number of anilines is 1. The molecule has 1 aromatic carbocycles. The molecule has 0 aliphatic carbocycles. The fourth-order valence-electron chi connectivity index (χ4n) is 2.76. The summed E-state index contributed by atoms with van der Waals surface area (Å²) < 4.78 is 10.6. The molecule has 122 valence electrons. The van der Waals surface area contributed by atoms with Gasteiger partial charge in [0.15, 0.2) is 0 Å². The number of hydrogen-bond donors (Lipinski definition) is 1. The van der Waals surface area contributed by atoms with E-state index in [4.69, 9.17) is 21.1 Å². The molecule has 0 unspecified atom stereocenters. The van der Waals surface area contributed by atoms with Gasteiger partial charge in [0.05, 0.1) is 29.5 Å². The molecule has 6 heteroatoms. The highest BCUT2D eigenvalue weighted by Crippen LogP contribution is 2.29. The Labute approximate surface area is 136 Å². The summed E-state index contributed by atoms with van der Waals surface area (Å²) in [7, 11) is 3.30. The summed E-state index contributed by atoms with van der Waals surface area (Å²) in [5, 5.41) is 3.48. The predicted octanol–water partition coefficient (Wildman–Crippen LogP) is 3.22. The predicted molar refractivity (Wildman–Crippen MR) is 87.7 cm³/mol. The molecule has 0 saturated carbocycles. The van der Waals surface area contributed by atoms with E-state index >= 15 is 0 Å². The van der Waals surface area contributed by atoms with E-state index in [0.29, 0.717) is 23.9 Å². The van der Waals surface area contributed by atoms with E-state index in [2.05, 4.69) is 5.32 Å². The Morgan fingerprint density at radius 1 is 1.41 bits per heavy atom. The number of benzene rings is 1. The van der Waals surface area contributed by atoms with E-state index in [0.717, 1.165) is 17.5 Å². The SMILES string of the molecule is COC[C@@H]1C[C@H](OC)CN1C(=O)Nc1c(Cl)ccc(C)c1C. The molecule has 0 bridgehead atoms. The Morgan fingerprint density at radius 2 is 2.14 bits per heavy atom. The molecular weight excluding hydrogens is 304 g/mol. The van der Waals surface area contributed by atoms with Crippen LogP contribution in [0, 0.1) is 13.8 Å². The summed E-state index contributed by atoms with van der Waals surface area (Å²) in [6, 6.07) is 3.59. The first kappa shape index (κ1) is 17.1. The number of aryl methyl sites for hydroxylation is 1. The van der Waals surface area contributed by atoms with Crippen molar-refractivity contribution in [2.45, 2.75) is 32.4 Å². The van der Waals surface area contributed by atoms with Gasteiger partial charge in [-0.2, -0.15) is 0 Å². The smallest absolute Gasteiger partial charge is 0.322 e. The summed E-state index contributed by atoms with van der Waals surface area (Å²) >= 11 is 6.22. The normalized spacial score (nSPS) is 21.2. The van der Waals surface area contributed by atoms with Crippen molar-refractivity contribution in [3.63, 3.8) is 0 Å². The van der Waals surface area contributed by atoms with Crippen LogP contribution in [-0.2, 0) is 9.47 Å². The van der Waals surface area contributed by atoms with Crippen LogP contribution in [0.1, 0.15) is 17.5 Å². The average molecular weight is 327 g/mol. The Kier molecular flexibility index (Phi) is 5.67. The number of amides is 2. The lowest BCUT2D eigenvalue weighted by Gasteiger charge is -2.25. The molecule has 1 N–H and O–H groups in total. The second kappa shape index (κ2) is 7.31. The van der Waals surface area contributed by atoms with Crippen molar-refractivity contribution in [1.82, 2.24) is 4.90 Å². The third-order valence-corrected chi connectivity index (χ3v) is 4.56. The number of urea groups is 1. The Bertz CT molecular complexity index is 550. The van der Waals surface area contributed by atoms with Gasteiger partial charge in [0.1, 0.15) is 0 Å². The zero-order valence-corrected chi connectivity index (χ0v) is 14.2. The Hall–Kier alpha value is -1.30. The van der Waals surface area contributed by atoms with Crippen LogP contribution in [-0.4, -0.2) is 50.4 Å². The zero-order chi connectivity index (χ0) is 16.3. The Balaban J connectivity index is 2.16. The first-order valence-corrected chi connectivity index (χ1v) is 7.70.